The monoisotopic (exact) mass is 458 g/mol. The molecule has 0 saturated heterocycles. The van der Waals surface area contributed by atoms with Crippen LogP contribution in [0, 0.1) is 36.0 Å². The normalized spacial score (nSPS) is 33.7. The van der Waals surface area contributed by atoms with Crippen molar-refractivity contribution in [1.29, 1.82) is 0 Å². The highest BCUT2D eigenvalue weighted by atomic mass is 16.5. The average molecular weight is 459 g/mol. The van der Waals surface area contributed by atoms with Crippen LogP contribution in [0.1, 0.15) is 72.6 Å². The smallest absolute Gasteiger partial charge is 0.255 e. The summed E-state index contributed by atoms with van der Waals surface area (Å²) in [5, 5.41) is 14.5. The van der Waals surface area contributed by atoms with Crippen LogP contribution in [0.4, 0.5) is 5.69 Å². The van der Waals surface area contributed by atoms with Crippen LogP contribution in [-0.4, -0.2) is 34.8 Å². The number of methoxy groups -OCH3 is 1. The lowest BCUT2D eigenvalue weighted by molar-refractivity contribution is -0.117. The van der Waals surface area contributed by atoms with E-state index in [4.69, 9.17) is 4.74 Å². The Kier molecular flexibility index (Phi) is 5.78. The molecule has 3 aliphatic rings. The fourth-order valence-electron chi connectivity index (χ4n) is 7.23. The van der Waals surface area contributed by atoms with E-state index < -0.39 is 5.60 Å². The highest BCUT2D eigenvalue weighted by Gasteiger charge is 2.63. The predicted molar refractivity (Wildman–Crippen MR) is 133 cm³/mol. The third-order valence-corrected chi connectivity index (χ3v) is 8.99. The van der Waals surface area contributed by atoms with Gasteiger partial charge in [0.05, 0.1) is 17.5 Å². The molecular formula is C29H34N2O3. The summed E-state index contributed by atoms with van der Waals surface area (Å²) in [4.78, 5) is 17.2. The standard InChI is InChI=1S/C29H34N2O3/c1-5-13-29(33)14-12-23-22-11-8-19-16-20(27(32)31-24-7-6-15-30-18(24)2)9-10-21(19)26(22)25(34-4)17-28(23,29)3/h6-7,9-10,15-16,22-23,25-26,33H,8,11-12,14,17H2,1-4H3,(H,31,32)/t22-,23-,25-,26+,28-,29-/m0/s1. The summed E-state index contributed by atoms with van der Waals surface area (Å²) in [5.74, 6) is 7.18. The zero-order valence-electron chi connectivity index (χ0n) is 20.5. The molecule has 178 valence electrons. The maximum absolute atomic E-state index is 13.0. The van der Waals surface area contributed by atoms with E-state index >= 15 is 0 Å². The molecule has 0 spiro atoms. The summed E-state index contributed by atoms with van der Waals surface area (Å²) in [5.41, 5.74) is 3.54. The summed E-state index contributed by atoms with van der Waals surface area (Å²) < 4.78 is 6.09. The quantitative estimate of drug-likeness (QED) is 0.643. The minimum Gasteiger partial charge on any atom is -0.381 e. The number of aliphatic hydroxyl groups is 1. The zero-order valence-corrected chi connectivity index (χ0v) is 20.5. The van der Waals surface area contributed by atoms with Crippen LogP contribution in [0.15, 0.2) is 36.5 Å². The molecule has 1 amide bonds. The average Bonchev–Trinajstić information content (AvgIpc) is 3.09. The number of aryl methyl sites for hydroxylation is 2. The molecular weight excluding hydrogens is 424 g/mol. The number of carbonyl (C=O) groups is 1. The molecule has 0 unspecified atom stereocenters. The maximum atomic E-state index is 13.0. The first-order valence-electron chi connectivity index (χ1n) is 12.4. The minimum absolute atomic E-state index is 0.0197. The van der Waals surface area contributed by atoms with Gasteiger partial charge in [-0.05, 0) is 93.2 Å². The number of rotatable bonds is 3. The van der Waals surface area contributed by atoms with Crippen molar-refractivity contribution in [3.8, 4) is 11.8 Å². The molecule has 34 heavy (non-hydrogen) atoms. The van der Waals surface area contributed by atoms with Crippen LogP contribution in [0.3, 0.4) is 0 Å². The van der Waals surface area contributed by atoms with Gasteiger partial charge in [-0.2, -0.15) is 0 Å². The van der Waals surface area contributed by atoms with Gasteiger partial charge in [-0.1, -0.05) is 18.9 Å². The van der Waals surface area contributed by atoms with Crippen molar-refractivity contribution in [3.05, 3.63) is 58.9 Å². The second kappa shape index (κ2) is 8.52. The number of carbonyl (C=O) groups excluding carboxylic acids is 1. The second-order valence-corrected chi connectivity index (χ2v) is 10.5. The molecule has 2 aromatic rings. The van der Waals surface area contributed by atoms with Crippen molar-refractivity contribution in [2.75, 3.05) is 12.4 Å². The Morgan fingerprint density at radius 1 is 1.29 bits per heavy atom. The molecule has 5 heteroatoms. The van der Waals surface area contributed by atoms with Gasteiger partial charge in [0.25, 0.3) is 5.91 Å². The first-order valence-corrected chi connectivity index (χ1v) is 12.4. The van der Waals surface area contributed by atoms with Crippen molar-refractivity contribution in [3.63, 3.8) is 0 Å². The van der Waals surface area contributed by atoms with E-state index in [-0.39, 0.29) is 23.3 Å². The SMILES string of the molecule is CC#C[C@]1(O)CC[C@H]2[C@@H]3CCc4cc(C(=O)Nc5cccnc5C)ccc4[C@H]3[C@@H](OC)C[C@@]21C. The molecule has 6 atom stereocenters. The number of ether oxygens (including phenoxy) is 1. The maximum Gasteiger partial charge on any atom is 0.255 e. The van der Waals surface area contributed by atoms with E-state index in [2.05, 4.69) is 41.2 Å². The van der Waals surface area contributed by atoms with Crippen molar-refractivity contribution >= 4 is 11.6 Å². The number of aromatic nitrogens is 1. The summed E-state index contributed by atoms with van der Waals surface area (Å²) in [6.07, 6.45) is 6.24. The Labute approximate surface area is 202 Å². The van der Waals surface area contributed by atoms with Crippen LogP contribution in [0.5, 0.6) is 0 Å². The molecule has 3 aliphatic carbocycles. The fourth-order valence-corrected chi connectivity index (χ4v) is 7.23. The number of pyridine rings is 1. The van der Waals surface area contributed by atoms with Crippen LogP contribution in [0.2, 0.25) is 0 Å². The summed E-state index contributed by atoms with van der Waals surface area (Å²) in [6, 6.07) is 9.83. The predicted octanol–water partition coefficient (Wildman–Crippen LogP) is 4.88. The lowest BCUT2D eigenvalue weighted by atomic mass is 9.52. The van der Waals surface area contributed by atoms with Gasteiger partial charge in [-0.3, -0.25) is 9.78 Å². The van der Waals surface area contributed by atoms with Crippen molar-refractivity contribution in [2.24, 2.45) is 17.3 Å². The molecule has 1 heterocycles. The van der Waals surface area contributed by atoms with Gasteiger partial charge in [0.1, 0.15) is 5.60 Å². The van der Waals surface area contributed by atoms with Gasteiger partial charge in [0.15, 0.2) is 0 Å². The summed E-state index contributed by atoms with van der Waals surface area (Å²) >= 11 is 0. The Morgan fingerprint density at radius 2 is 2.12 bits per heavy atom. The van der Waals surface area contributed by atoms with E-state index in [9.17, 15) is 9.90 Å². The number of benzene rings is 1. The molecule has 2 N–H and O–H groups in total. The van der Waals surface area contributed by atoms with E-state index in [0.717, 1.165) is 43.5 Å². The van der Waals surface area contributed by atoms with E-state index in [1.807, 2.05) is 32.0 Å². The molecule has 5 rings (SSSR count). The molecule has 2 saturated carbocycles. The number of anilines is 1. The van der Waals surface area contributed by atoms with E-state index in [1.165, 1.54) is 11.1 Å². The number of nitrogens with one attached hydrogen (secondary N) is 1. The van der Waals surface area contributed by atoms with Crippen LogP contribution >= 0.6 is 0 Å². The van der Waals surface area contributed by atoms with E-state index in [0.29, 0.717) is 17.4 Å². The van der Waals surface area contributed by atoms with Crippen molar-refractivity contribution < 1.29 is 14.6 Å². The van der Waals surface area contributed by atoms with Gasteiger partial charge in [-0.15, -0.1) is 5.92 Å². The number of hydrogen-bond acceptors (Lipinski definition) is 4. The highest BCUT2D eigenvalue weighted by Crippen LogP contribution is 2.64. The number of hydrogen-bond donors (Lipinski definition) is 2. The summed E-state index contributed by atoms with van der Waals surface area (Å²) in [6.45, 7) is 5.93. The second-order valence-electron chi connectivity index (χ2n) is 10.5. The molecule has 0 bridgehead atoms. The number of fused-ring (bicyclic) bond motifs is 5. The summed E-state index contributed by atoms with van der Waals surface area (Å²) in [7, 11) is 1.79. The Hall–Kier alpha value is -2.68. The number of amides is 1. The molecule has 5 nitrogen and oxygen atoms in total. The Bertz CT molecular complexity index is 1180. The molecule has 2 fully saturated rings. The molecule has 0 radical (unpaired) electrons. The third kappa shape index (κ3) is 3.47. The first-order chi connectivity index (χ1) is 16.3. The lowest BCUT2D eigenvalue weighted by Gasteiger charge is -2.54. The van der Waals surface area contributed by atoms with Crippen LogP contribution < -0.4 is 5.32 Å². The first kappa shape index (κ1) is 23.1. The number of nitrogens with zero attached hydrogens (tertiary/aromatic N) is 1. The van der Waals surface area contributed by atoms with Gasteiger partial charge in [0.2, 0.25) is 0 Å². The zero-order chi connectivity index (χ0) is 24.1. The Balaban J connectivity index is 1.45. The Morgan fingerprint density at radius 3 is 2.85 bits per heavy atom. The third-order valence-electron chi connectivity index (χ3n) is 8.99. The minimum atomic E-state index is -0.944. The highest BCUT2D eigenvalue weighted by molar-refractivity contribution is 6.04. The van der Waals surface area contributed by atoms with Gasteiger partial charge < -0.3 is 15.2 Å². The van der Waals surface area contributed by atoms with E-state index in [1.54, 1.807) is 13.3 Å². The van der Waals surface area contributed by atoms with Gasteiger partial charge in [-0.25, -0.2) is 0 Å². The van der Waals surface area contributed by atoms with Gasteiger partial charge >= 0.3 is 0 Å². The largest absolute Gasteiger partial charge is 0.381 e. The molecule has 1 aromatic carbocycles. The topological polar surface area (TPSA) is 71.5 Å². The molecule has 1 aromatic heterocycles. The van der Waals surface area contributed by atoms with Crippen LogP contribution in [-0.2, 0) is 11.2 Å². The van der Waals surface area contributed by atoms with Crippen molar-refractivity contribution in [1.82, 2.24) is 4.98 Å². The lowest BCUT2D eigenvalue weighted by Crippen LogP contribution is -2.55. The van der Waals surface area contributed by atoms with Crippen molar-refractivity contribution in [2.45, 2.75) is 70.5 Å². The fraction of sp³-hybridized carbons (Fsp3) is 0.517. The van der Waals surface area contributed by atoms with Gasteiger partial charge in [0, 0.05) is 30.2 Å². The van der Waals surface area contributed by atoms with Crippen LogP contribution in [0.25, 0.3) is 0 Å². The molecule has 0 aliphatic heterocycles.